The summed E-state index contributed by atoms with van der Waals surface area (Å²) in [6, 6.07) is 3.38. The average molecular weight is 229 g/mol. The maximum absolute atomic E-state index is 13.1. The molecule has 0 saturated heterocycles. The van der Waals surface area contributed by atoms with Gasteiger partial charge in [0.2, 0.25) is 0 Å². The molecule has 0 aliphatic carbocycles. The van der Waals surface area contributed by atoms with Crippen molar-refractivity contribution in [2.45, 2.75) is 32.4 Å². The van der Waals surface area contributed by atoms with E-state index in [0.717, 1.165) is 6.07 Å². The molecule has 0 heterocycles. The van der Waals surface area contributed by atoms with Crippen LogP contribution in [0.5, 0.6) is 0 Å². The predicted molar refractivity (Wildman–Crippen MR) is 59.1 cm³/mol. The van der Waals surface area contributed by atoms with E-state index in [2.05, 4.69) is 5.32 Å². The van der Waals surface area contributed by atoms with E-state index in [1.54, 1.807) is 6.92 Å². The summed E-state index contributed by atoms with van der Waals surface area (Å²) in [5, 5.41) is 12.5. The molecule has 90 valence electrons. The zero-order valence-corrected chi connectivity index (χ0v) is 9.72. The lowest BCUT2D eigenvalue weighted by atomic mass is 9.92. The molecule has 0 spiro atoms. The van der Waals surface area contributed by atoms with Gasteiger partial charge in [-0.25, -0.2) is 8.78 Å². The van der Waals surface area contributed by atoms with Crippen molar-refractivity contribution in [3.05, 3.63) is 35.4 Å². The van der Waals surface area contributed by atoms with Crippen LogP contribution in [0, 0.1) is 11.6 Å². The maximum atomic E-state index is 13.1. The van der Waals surface area contributed by atoms with Gasteiger partial charge in [-0.3, -0.25) is 0 Å². The molecule has 16 heavy (non-hydrogen) atoms. The molecule has 1 unspecified atom stereocenters. The van der Waals surface area contributed by atoms with Crippen LogP contribution in [0.3, 0.4) is 0 Å². The molecule has 4 heteroatoms. The Balaban J connectivity index is 3.11. The Kier molecular flexibility index (Phi) is 3.99. The summed E-state index contributed by atoms with van der Waals surface area (Å²) in [5.41, 5.74) is -0.432. The number of hydrogen-bond donors (Lipinski definition) is 2. The molecule has 1 aromatic rings. The fraction of sp³-hybridized carbons (Fsp3) is 0.500. The first-order valence-electron chi connectivity index (χ1n) is 5.22. The van der Waals surface area contributed by atoms with E-state index in [1.165, 1.54) is 12.1 Å². The van der Waals surface area contributed by atoms with E-state index >= 15 is 0 Å². The summed E-state index contributed by atoms with van der Waals surface area (Å²) in [6.07, 6.45) is 0. The van der Waals surface area contributed by atoms with Crippen LogP contribution in [-0.4, -0.2) is 17.8 Å². The van der Waals surface area contributed by atoms with Gasteiger partial charge in [0.15, 0.2) is 0 Å². The molecule has 1 rings (SSSR count). The Morgan fingerprint density at radius 1 is 1.25 bits per heavy atom. The van der Waals surface area contributed by atoms with Crippen LogP contribution in [0.25, 0.3) is 0 Å². The van der Waals surface area contributed by atoms with Crippen molar-refractivity contribution < 1.29 is 13.9 Å². The third-order valence-electron chi connectivity index (χ3n) is 2.42. The second-order valence-electron chi connectivity index (χ2n) is 4.45. The van der Waals surface area contributed by atoms with Crippen molar-refractivity contribution in [2.24, 2.45) is 0 Å². The van der Waals surface area contributed by atoms with Gasteiger partial charge in [-0.15, -0.1) is 0 Å². The van der Waals surface area contributed by atoms with Gasteiger partial charge in [0.25, 0.3) is 0 Å². The fourth-order valence-corrected chi connectivity index (χ4v) is 1.73. The summed E-state index contributed by atoms with van der Waals surface area (Å²) in [6.45, 7) is 5.29. The molecule has 2 nitrogen and oxygen atoms in total. The first-order chi connectivity index (χ1) is 7.37. The number of nitrogens with one attached hydrogen (secondary N) is 1. The number of aliphatic hydroxyl groups is 1. The smallest absolute Gasteiger partial charge is 0.126 e. The zero-order chi connectivity index (χ0) is 12.3. The third kappa shape index (κ3) is 3.00. The predicted octanol–water partition coefficient (Wildman–Crippen LogP) is 2.17. The quantitative estimate of drug-likeness (QED) is 0.829. The van der Waals surface area contributed by atoms with Gasteiger partial charge in [0.1, 0.15) is 11.6 Å². The fourth-order valence-electron chi connectivity index (χ4n) is 1.73. The van der Waals surface area contributed by atoms with Crippen LogP contribution < -0.4 is 5.32 Å². The normalized spacial score (nSPS) is 15.2. The number of benzene rings is 1. The minimum Gasteiger partial charge on any atom is -0.394 e. The van der Waals surface area contributed by atoms with Crippen LogP contribution in [0.4, 0.5) is 8.78 Å². The van der Waals surface area contributed by atoms with E-state index in [-0.39, 0.29) is 12.6 Å². The minimum atomic E-state index is -0.836. The van der Waals surface area contributed by atoms with Crippen molar-refractivity contribution in [1.29, 1.82) is 0 Å². The van der Waals surface area contributed by atoms with Gasteiger partial charge in [0, 0.05) is 12.1 Å². The lowest BCUT2D eigenvalue weighted by Gasteiger charge is -2.31. The lowest BCUT2D eigenvalue weighted by molar-refractivity contribution is 0.165. The highest BCUT2D eigenvalue weighted by atomic mass is 19.1. The molecule has 0 aromatic heterocycles. The highest BCUT2D eigenvalue weighted by Crippen LogP contribution is 2.22. The maximum Gasteiger partial charge on any atom is 0.126 e. The Morgan fingerprint density at radius 3 is 2.12 bits per heavy atom. The summed E-state index contributed by atoms with van der Waals surface area (Å²) < 4.78 is 26.2. The van der Waals surface area contributed by atoms with Gasteiger partial charge in [-0.05, 0) is 38.5 Å². The first-order valence-corrected chi connectivity index (χ1v) is 5.22. The molecule has 0 radical (unpaired) electrons. The van der Waals surface area contributed by atoms with Gasteiger partial charge < -0.3 is 10.4 Å². The molecule has 2 N–H and O–H groups in total. The summed E-state index contributed by atoms with van der Waals surface area (Å²) in [5.74, 6) is -1.28. The van der Waals surface area contributed by atoms with E-state index < -0.39 is 17.2 Å². The van der Waals surface area contributed by atoms with Gasteiger partial charge in [-0.2, -0.15) is 0 Å². The van der Waals surface area contributed by atoms with Crippen LogP contribution in [0.2, 0.25) is 0 Å². The number of rotatable bonds is 4. The monoisotopic (exact) mass is 229 g/mol. The highest BCUT2D eigenvalue weighted by Gasteiger charge is 2.27. The lowest BCUT2D eigenvalue weighted by Crippen LogP contribution is -2.46. The first kappa shape index (κ1) is 13.1. The van der Waals surface area contributed by atoms with Crippen molar-refractivity contribution in [3.63, 3.8) is 0 Å². The largest absolute Gasteiger partial charge is 0.394 e. The number of halogens is 2. The molecule has 1 aromatic carbocycles. The average Bonchev–Trinajstić information content (AvgIpc) is 2.15. The standard InChI is InChI=1S/C12H17F2NO/c1-8(2)15-12(3,7-16)9-4-10(13)6-11(14)5-9/h4-6,8,15-16H,7H2,1-3H3. The second kappa shape index (κ2) is 4.89. The van der Waals surface area contributed by atoms with E-state index in [0.29, 0.717) is 5.56 Å². The minimum absolute atomic E-state index is 0.100. The molecule has 0 amide bonds. The molecule has 0 aliphatic rings. The summed E-state index contributed by atoms with van der Waals surface area (Å²) in [7, 11) is 0. The molecule has 0 fully saturated rings. The van der Waals surface area contributed by atoms with Crippen LogP contribution in [0.15, 0.2) is 18.2 Å². The Morgan fingerprint density at radius 2 is 1.75 bits per heavy atom. The Bertz CT molecular complexity index is 348. The zero-order valence-electron chi connectivity index (χ0n) is 9.72. The van der Waals surface area contributed by atoms with Crippen molar-refractivity contribution >= 4 is 0 Å². The van der Waals surface area contributed by atoms with Crippen molar-refractivity contribution in [1.82, 2.24) is 5.32 Å². The second-order valence-corrected chi connectivity index (χ2v) is 4.45. The van der Waals surface area contributed by atoms with Crippen molar-refractivity contribution in [2.75, 3.05) is 6.61 Å². The van der Waals surface area contributed by atoms with Gasteiger partial charge >= 0.3 is 0 Å². The van der Waals surface area contributed by atoms with E-state index in [4.69, 9.17) is 0 Å². The Hall–Kier alpha value is -1.00. The Labute approximate surface area is 94.3 Å². The molecule has 1 atom stereocenters. The topological polar surface area (TPSA) is 32.3 Å². The molecular weight excluding hydrogens is 212 g/mol. The van der Waals surface area contributed by atoms with Crippen LogP contribution >= 0.6 is 0 Å². The number of hydrogen-bond acceptors (Lipinski definition) is 2. The molecule has 0 bridgehead atoms. The van der Waals surface area contributed by atoms with E-state index in [9.17, 15) is 13.9 Å². The van der Waals surface area contributed by atoms with Gasteiger partial charge in [0.05, 0.1) is 12.1 Å². The molecular formula is C12H17F2NO. The highest BCUT2D eigenvalue weighted by molar-refractivity contribution is 5.25. The summed E-state index contributed by atoms with van der Waals surface area (Å²) in [4.78, 5) is 0. The van der Waals surface area contributed by atoms with E-state index in [1.807, 2.05) is 13.8 Å². The third-order valence-corrected chi connectivity index (χ3v) is 2.42. The van der Waals surface area contributed by atoms with Crippen LogP contribution in [0.1, 0.15) is 26.3 Å². The molecule has 0 saturated carbocycles. The van der Waals surface area contributed by atoms with Crippen LogP contribution in [-0.2, 0) is 5.54 Å². The SMILES string of the molecule is CC(C)NC(C)(CO)c1cc(F)cc(F)c1. The number of aliphatic hydroxyl groups excluding tert-OH is 1. The van der Waals surface area contributed by atoms with Gasteiger partial charge in [-0.1, -0.05) is 0 Å². The molecule has 0 aliphatic heterocycles. The summed E-state index contributed by atoms with van der Waals surface area (Å²) >= 11 is 0. The van der Waals surface area contributed by atoms with Crippen molar-refractivity contribution in [3.8, 4) is 0 Å².